The van der Waals surface area contributed by atoms with Crippen LogP contribution in [0.1, 0.15) is 10.6 Å². The van der Waals surface area contributed by atoms with Crippen LogP contribution in [0.2, 0.25) is 0 Å². The second-order valence-electron chi connectivity index (χ2n) is 4.12. The lowest BCUT2D eigenvalue weighted by molar-refractivity contribution is 0.0666. The Hall–Kier alpha value is -2.09. The number of hydrogen-bond donors (Lipinski definition) is 2. The number of carboxylic acids is 1. The number of fused-ring (bicyclic) bond motifs is 1. The molecule has 0 atom stereocenters. The van der Waals surface area contributed by atoms with Gasteiger partial charge in [-0.25, -0.2) is 4.79 Å². The van der Waals surface area contributed by atoms with E-state index in [0.29, 0.717) is 16.7 Å². The van der Waals surface area contributed by atoms with Gasteiger partial charge in [0.25, 0.3) is 0 Å². The van der Waals surface area contributed by atoms with E-state index in [1.165, 1.54) is 0 Å². The number of nitrogens with zero attached hydrogens (tertiary/aromatic N) is 1. The molecule has 3 rings (SSSR count). The van der Waals surface area contributed by atoms with Crippen molar-refractivity contribution in [3.8, 4) is 0 Å². The monoisotopic (exact) mass is 380 g/mol. The topological polar surface area (TPSA) is 75.4 Å². The van der Waals surface area contributed by atoms with E-state index in [1.807, 2.05) is 24.3 Å². The molecule has 2 heterocycles. The molecule has 0 radical (unpaired) electrons. The molecule has 0 amide bonds. The SMILES string of the molecule is O=C(O)c1oc2ccncc2c1Nc1ccc(I)cc1. The van der Waals surface area contributed by atoms with Gasteiger partial charge in [0.2, 0.25) is 5.76 Å². The Morgan fingerprint density at radius 2 is 2.00 bits per heavy atom. The zero-order valence-corrected chi connectivity index (χ0v) is 12.3. The number of carboxylic acid groups (broad SMARTS) is 1. The number of carbonyl (C=O) groups is 1. The third-order valence-corrected chi connectivity index (χ3v) is 3.52. The van der Waals surface area contributed by atoms with Crippen LogP contribution in [-0.2, 0) is 0 Å². The van der Waals surface area contributed by atoms with Crippen molar-refractivity contribution in [2.24, 2.45) is 0 Å². The van der Waals surface area contributed by atoms with Crippen molar-refractivity contribution >= 4 is 50.9 Å². The smallest absolute Gasteiger partial charge is 0.374 e. The fraction of sp³-hybridized carbons (Fsp3) is 0. The van der Waals surface area contributed by atoms with E-state index < -0.39 is 5.97 Å². The number of furan rings is 1. The molecule has 2 aromatic heterocycles. The molecule has 0 unspecified atom stereocenters. The van der Waals surface area contributed by atoms with Crippen LogP contribution in [0.25, 0.3) is 11.0 Å². The van der Waals surface area contributed by atoms with Crippen molar-refractivity contribution in [3.63, 3.8) is 0 Å². The molecule has 6 heteroatoms. The number of benzene rings is 1. The Morgan fingerprint density at radius 3 is 2.70 bits per heavy atom. The summed E-state index contributed by atoms with van der Waals surface area (Å²) in [6.45, 7) is 0. The quantitative estimate of drug-likeness (QED) is 0.675. The summed E-state index contributed by atoms with van der Waals surface area (Å²) in [7, 11) is 0. The van der Waals surface area contributed by atoms with Crippen molar-refractivity contribution < 1.29 is 14.3 Å². The summed E-state index contributed by atoms with van der Waals surface area (Å²) in [5, 5.41) is 13.0. The first-order chi connectivity index (χ1) is 9.65. The summed E-state index contributed by atoms with van der Waals surface area (Å²) in [6.07, 6.45) is 3.15. The lowest BCUT2D eigenvalue weighted by Gasteiger charge is -2.05. The van der Waals surface area contributed by atoms with E-state index in [2.05, 4.69) is 32.9 Å². The lowest BCUT2D eigenvalue weighted by atomic mass is 10.2. The predicted molar refractivity (Wildman–Crippen MR) is 83.4 cm³/mol. The molecule has 2 N–H and O–H groups in total. The van der Waals surface area contributed by atoms with Gasteiger partial charge in [-0.2, -0.15) is 0 Å². The minimum atomic E-state index is -1.12. The Balaban J connectivity index is 2.11. The number of rotatable bonds is 3. The lowest BCUT2D eigenvalue weighted by Crippen LogP contribution is -1.99. The zero-order valence-electron chi connectivity index (χ0n) is 10.1. The number of anilines is 2. The molecule has 0 saturated heterocycles. The van der Waals surface area contributed by atoms with E-state index in [1.54, 1.807) is 18.5 Å². The van der Waals surface area contributed by atoms with Crippen molar-refractivity contribution in [2.75, 3.05) is 5.32 Å². The third-order valence-electron chi connectivity index (χ3n) is 2.80. The summed E-state index contributed by atoms with van der Waals surface area (Å²) in [6, 6.07) is 9.26. The Morgan fingerprint density at radius 1 is 1.25 bits per heavy atom. The first-order valence-electron chi connectivity index (χ1n) is 5.77. The number of aromatic carboxylic acids is 1. The van der Waals surface area contributed by atoms with Crippen LogP contribution < -0.4 is 5.32 Å². The average molecular weight is 380 g/mol. The molecule has 0 spiro atoms. The maximum Gasteiger partial charge on any atom is 0.374 e. The van der Waals surface area contributed by atoms with E-state index in [-0.39, 0.29) is 5.76 Å². The molecule has 20 heavy (non-hydrogen) atoms. The maximum absolute atomic E-state index is 11.3. The molecule has 3 aromatic rings. The molecule has 100 valence electrons. The van der Waals surface area contributed by atoms with Gasteiger partial charge in [0.15, 0.2) is 0 Å². The summed E-state index contributed by atoms with van der Waals surface area (Å²) in [5.41, 5.74) is 1.70. The molecule has 1 aromatic carbocycles. The number of halogens is 1. The fourth-order valence-corrected chi connectivity index (χ4v) is 2.25. The molecule has 0 aliphatic heterocycles. The van der Waals surface area contributed by atoms with Gasteiger partial charge in [-0.15, -0.1) is 0 Å². The molecular weight excluding hydrogens is 371 g/mol. The fourth-order valence-electron chi connectivity index (χ4n) is 1.89. The summed E-state index contributed by atoms with van der Waals surface area (Å²) < 4.78 is 6.46. The first-order valence-corrected chi connectivity index (χ1v) is 6.85. The molecular formula is C14H9IN2O3. The minimum absolute atomic E-state index is 0.119. The molecule has 0 aliphatic carbocycles. The second-order valence-corrected chi connectivity index (χ2v) is 5.36. The van der Waals surface area contributed by atoms with Gasteiger partial charge < -0.3 is 14.8 Å². The van der Waals surface area contributed by atoms with Gasteiger partial charge in [0, 0.05) is 21.7 Å². The van der Waals surface area contributed by atoms with Gasteiger partial charge in [-0.05, 0) is 52.9 Å². The van der Waals surface area contributed by atoms with Gasteiger partial charge >= 0.3 is 5.97 Å². The second kappa shape index (κ2) is 5.12. The number of hydrogen-bond acceptors (Lipinski definition) is 4. The molecule has 0 bridgehead atoms. The van der Waals surface area contributed by atoms with Crippen molar-refractivity contribution in [1.29, 1.82) is 0 Å². The van der Waals surface area contributed by atoms with Crippen LogP contribution in [0.3, 0.4) is 0 Å². The predicted octanol–water partition coefficient (Wildman–Crippen LogP) is 3.87. The highest BCUT2D eigenvalue weighted by Gasteiger charge is 2.20. The zero-order chi connectivity index (χ0) is 14.1. The highest BCUT2D eigenvalue weighted by molar-refractivity contribution is 14.1. The number of aromatic nitrogens is 1. The highest BCUT2D eigenvalue weighted by Crippen LogP contribution is 2.32. The number of pyridine rings is 1. The number of nitrogens with one attached hydrogen (secondary N) is 1. The Kier molecular flexibility index (Phi) is 3.31. The summed E-state index contributed by atoms with van der Waals surface area (Å²) in [4.78, 5) is 15.3. The largest absolute Gasteiger partial charge is 0.475 e. The summed E-state index contributed by atoms with van der Waals surface area (Å²) in [5.74, 6) is -1.24. The standard InChI is InChI=1S/C14H9IN2O3/c15-8-1-3-9(4-2-8)17-12-10-7-16-6-5-11(10)20-13(12)14(18)19/h1-7,17H,(H,18,19). The van der Waals surface area contributed by atoms with Crippen molar-refractivity contribution in [1.82, 2.24) is 4.98 Å². The molecule has 0 fully saturated rings. The van der Waals surface area contributed by atoms with Crippen molar-refractivity contribution in [3.05, 3.63) is 52.1 Å². The van der Waals surface area contributed by atoms with E-state index in [9.17, 15) is 9.90 Å². The molecule has 0 saturated carbocycles. The molecule has 5 nitrogen and oxygen atoms in total. The normalized spacial score (nSPS) is 10.7. The minimum Gasteiger partial charge on any atom is -0.475 e. The van der Waals surface area contributed by atoms with Crippen LogP contribution in [0, 0.1) is 3.57 Å². The van der Waals surface area contributed by atoms with Gasteiger partial charge in [0.05, 0.1) is 5.39 Å². The van der Waals surface area contributed by atoms with Crippen molar-refractivity contribution in [2.45, 2.75) is 0 Å². The van der Waals surface area contributed by atoms with E-state index >= 15 is 0 Å². The van der Waals surface area contributed by atoms with E-state index in [4.69, 9.17) is 4.42 Å². The summed E-state index contributed by atoms with van der Waals surface area (Å²) >= 11 is 2.21. The Bertz CT molecular complexity index is 781. The van der Waals surface area contributed by atoms with Crippen LogP contribution in [0.5, 0.6) is 0 Å². The van der Waals surface area contributed by atoms with Crippen LogP contribution >= 0.6 is 22.6 Å². The molecule has 0 aliphatic rings. The van der Waals surface area contributed by atoms with Gasteiger partial charge in [-0.3, -0.25) is 4.98 Å². The average Bonchev–Trinajstić information content (AvgIpc) is 2.81. The van der Waals surface area contributed by atoms with Gasteiger partial charge in [-0.1, -0.05) is 0 Å². The maximum atomic E-state index is 11.3. The van der Waals surface area contributed by atoms with Crippen LogP contribution in [0.15, 0.2) is 47.1 Å². The van der Waals surface area contributed by atoms with Crippen LogP contribution in [0.4, 0.5) is 11.4 Å². The first kappa shape index (κ1) is 12.9. The van der Waals surface area contributed by atoms with Crippen LogP contribution in [-0.4, -0.2) is 16.1 Å². The third kappa shape index (κ3) is 2.34. The highest BCUT2D eigenvalue weighted by atomic mass is 127. The Labute approximate surface area is 127 Å². The van der Waals surface area contributed by atoms with Gasteiger partial charge in [0.1, 0.15) is 11.3 Å². The van der Waals surface area contributed by atoms with E-state index in [0.717, 1.165) is 9.26 Å².